The second-order valence-corrected chi connectivity index (χ2v) is 7.03. The van der Waals surface area contributed by atoms with Gasteiger partial charge >= 0.3 is 11.9 Å². The van der Waals surface area contributed by atoms with E-state index in [0.29, 0.717) is 12.1 Å². The summed E-state index contributed by atoms with van der Waals surface area (Å²) < 4.78 is 10.8. The zero-order valence-corrected chi connectivity index (χ0v) is 16.4. The number of esters is 2. The minimum atomic E-state index is -1.51. The van der Waals surface area contributed by atoms with E-state index < -0.39 is 17.4 Å². The Hall–Kier alpha value is -2.18. The van der Waals surface area contributed by atoms with Gasteiger partial charge in [0.2, 0.25) is 5.41 Å². The van der Waals surface area contributed by atoms with Gasteiger partial charge in [0.1, 0.15) is 0 Å². The number of ether oxygens (including phenoxy) is 2. The number of likely N-dealkylation sites (N-methyl/N-ethyl adjacent to an activating group) is 1. The van der Waals surface area contributed by atoms with E-state index in [0.717, 1.165) is 37.3 Å². The molecule has 1 saturated heterocycles. The van der Waals surface area contributed by atoms with Crippen LogP contribution >= 0.6 is 0 Å². The first-order valence-corrected chi connectivity index (χ1v) is 9.59. The number of hydrogen-bond donors (Lipinski definition) is 0. The Balaban J connectivity index is 2.03. The zero-order chi connectivity index (χ0) is 19.4. The maximum Gasteiger partial charge on any atom is 0.332 e. The van der Waals surface area contributed by atoms with Gasteiger partial charge in [-0.3, -0.25) is 14.5 Å². The third-order valence-corrected chi connectivity index (χ3v) is 5.33. The Labute approximate surface area is 160 Å². The Morgan fingerprint density at radius 2 is 1.59 bits per heavy atom. The Morgan fingerprint density at radius 1 is 1.00 bits per heavy atom. The summed E-state index contributed by atoms with van der Waals surface area (Å²) in [7, 11) is 2.10. The van der Waals surface area contributed by atoms with Crippen molar-refractivity contribution in [3.05, 3.63) is 41.0 Å². The highest BCUT2D eigenvalue weighted by Gasteiger charge is 2.57. The fraction of sp³-hybridized carbons (Fsp3) is 0.524. The molecular formula is C21H28N2O4. The zero-order valence-electron chi connectivity index (χ0n) is 16.4. The number of nitrogens with zero attached hydrogens (tertiary/aromatic N) is 2. The normalized spacial score (nSPS) is 19.3. The fourth-order valence-electron chi connectivity index (χ4n) is 3.89. The number of carbonyl (C=O) groups excluding carboxylic acids is 2. The van der Waals surface area contributed by atoms with Gasteiger partial charge < -0.3 is 14.4 Å². The minimum absolute atomic E-state index is 0.212. The largest absolute Gasteiger partial charge is 0.465 e. The molecule has 0 spiro atoms. The maximum atomic E-state index is 13.2. The van der Waals surface area contributed by atoms with E-state index in [9.17, 15) is 9.59 Å². The summed E-state index contributed by atoms with van der Waals surface area (Å²) in [5, 5.41) is 0. The molecule has 2 aliphatic rings. The van der Waals surface area contributed by atoms with E-state index in [1.54, 1.807) is 13.8 Å². The number of piperazine rings is 1. The van der Waals surface area contributed by atoms with Crippen LogP contribution in [0, 0.1) is 0 Å². The van der Waals surface area contributed by atoms with Crippen molar-refractivity contribution in [2.45, 2.75) is 19.3 Å². The molecule has 0 saturated carbocycles. The molecule has 0 aromatic heterocycles. The van der Waals surface area contributed by atoms with Gasteiger partial charge in [-0.1, -0.05) is 30.3 Å². The van der Waals surface area contributed by atoms with Crippen LogP contribution in [-0.4, -0.2) is 74.7 Å². The topological polar surface area (TPSA) is 59.1 Å². The second-order valence-electron chi connectivity index (χ2n) is 7.03. The highest BCUT2D eigenvalue weighted by molar-refractivity contribution is 6.13. The summed E-state index contributed by atoms with van der Waals surface area (Å²) >= 11 is 0. The standard InChI is InChI=1S/C21H28N2O4/c1-4-26-19(24)21(20(25)27-5-2)17(14-16-8-6-7-9-18(16)21)15-23-12-10-22(3)11-13-23/h6-9,14H,4-5,10-13,15H2,1-3H3. The van der Waals surface area contributed by atoms with Crippen LogP contribution in [0.1, 0.15) is 25.0 Å². The van der Waals surface area contributed by atoms with E-state index in [1.165, 1.54) is 0 Å². The van der Waals surface area contributed by atoms with E-state index >= 15 is 0 Å². The molecule has 146 valence electrons. The van der Waals surface area contributed by atoms with Crippen molar-refractivity contribution >= 4 is 18.0 Å². The fourth-order valence-corrected chi connectivity index (χ4v) is 3.89. The number of rotatable bonds is 6. The Bertz CT molecular complexity index is 717. The third kappa shape index (κ3) is 3.51. The van der Waals surface area contributed by atoms with Crippen molar-refractivity contribution in [2.24, 2.45) is 0 Å². The van der Waals surface area contributed by atoms with Gasteiger partial charge in [-0.15, -0.1) is 0 Å². The molecule has 3 rings (SSSR count). The summed E-state index contributed by atoms with van der Waals surface area (Å²) in [4.78, 5) is 30.9. The van der Waals surface area contributed by atoms with Crippen LogP contribution in [0.3, 0.4) is 0 Å². The molecule has 0 amide bonds. The highest BCUT2D eigenvalue weighted by atomic mass is 16.6. The van der Waals surface area contributed by atoms with E-state index in [-0.39, 0.29) is 13.2 Å². The summed E-state index contributed by atoms with van der Waals surface area (Å²) in [6.45, 7) is 8.19. The second kappa shape index (κ2) is 8.23. The van der Waals surface area contributed by atoms with Crippen molar-refractivity contribution in [1.82, 2.24) is 9.80 Å². The molecule has 0 radical (unpaired) electrons. The van der Waals surface area contributed by atoms with Gasteiger partial charge in [-0.05, 0) is 37.6 Å². The smallest absolute Gasteiger partial charge is 0.332 e. The number of fused-ring (bicyclic) bond motifs is 1. The summed E-state index contributed by atoms with van der Waals surface area (Å²) in [5.41, 5.74) is 0.769. The Morgan fingerprint density at radius 3 is 2.19 bits per heavy atom. The number of carbonyl (C=O) groups is 2. The molecule has 1 aromatic rings. The molecule has 0 N–H and O–H groups in total. The monoisotopic (exact) mass is 372 g/mol. The highest BCUT2D eigenvalue weighted by Crippen LogP contribution is 2.44. The number of benzene rings is 1. The minimum Gasteiger partial charge on any atom is -0.465 e. The van der Waals surface area contributed by atoms with Gasteiger partial charge in [0, 0.05) is 32.7 Å². The van der Waals surface area contributed by atoms with Gasteiger partial charge in [0.05, 0.1) is 13.2 Å². The molecule has 0 bridgehead atoms. The van der Waals surface area contributed by atoms with Gasteiger partial charge in [0.15, 0.2) is 0 Å². The van der Waals surface area contributed by atoms with Crippen LogP contribution in [0.25, 0.3) is 6.08 Å². The van der Waals surface area contributed by atoms with Crippen LogP contribution in [0.5, 0.6) is 0 Å². The molecule has 6 heteroatoms. The predicted molar refractivity (Wildman–Crippen MR) is 103 cm³/mol. The molecule has 27 heavy (non-hydrogen) atoms. The molecule has 0 unspecified atom stereocenters. The van der Waals surface area contributed by atoms with Crippen molar-refractivity contribution in [3.8, 4) is 0 Å². The maximum absolute atomic E-state index is 13.2. The van der Waals surface area contributed by atoms with Gasteiger partial charge in [-0.25, -0.2) is 0 Å². The summed E-state index contributed by atoms with van der Waals surface area (Å²) in [6.07, 6.45) is 1.96. The van der Waals surface area contributed by atoms with Crippen LogP contribution in [0.2, 0.25) is 0 Å². The molecule has 6 nitrogen and oxygen atoms in total. The summed E-state index contributed by atoms with van der Waals surface area (Å²) in [5.74, 6) is -1.09. The van der Waals surface area contributed by atoms with E-state index in [4.69, 9.17) is 9.47 Å². The average Bonchev–Trinajstić information content (AvgIpc) is 2.98. The molecule has 1 heterocycles. The molecule has 1 aliphatic carbocycles. The van der Waals surface area contributed by atoms with Crippen molar-refractivity contribution in [3.63, 3.8) is 0 Å². The first-order chi connectivity index (χ1) is 13.0. The lowest BCUT2D eigenvalue weighted by Crippen LogP contribution is -2.51. The van der Waals surface area contributed by atoms with Crippen LogP contribution in [0.4, 0.5) is 0 Å². The molecule has 1 fully saturated rings. The SMILES string of the molecule is CCOC(=O)C1(C(=O)OCC)C(CN2CCN(C)CC2)=Cc2ccccc21. The average molecular weight is 372 g/mol. The first-order valence-electron chi connectivity index (χ1n) is 9.59. The molecule has 1 aliphatic heterocycles. The number of hydrogen-bond acceptors (Lipinski definition) is 6. The third-order valence-electron chi connectivity index (χ3n) is 5.33. The van der Waals surface area contributed by atoms with Gasteiger partial charge in [-0.2, -0.15) is 0 Å². The van der Waals surface area contributed by atoms with Crippen molar-refractivity contribution in [1.29, 1.82) is 0 Å². The van der Waals surface area contributed by atoms with Gasteiger partial charge in [0.25, 0.3) is 0 Å². The lowest BCUT2D eigenvalue weighted by atomic mass is 9.76. The molecule has 1 aromatic carbocycles. The van der Waals surface area contributed by atoms with E-state index in [2.05, 4.69) is 16.8 Å². The van der Waals surface area contributed by atoms with Crippen LogP contribution in [0.15, 0.2) is 29.8 Å². The Kier molecular flexibility index (Phi) is 5.97. The predicted octanol–water partition coefficient (Wildman–Crippen LogP) is 1.69. The van der Waals surface area contributed by atoms with Crippen LogP contribution < -0.4 is 0 Å². The van der Waals surface area contributed by atoms with Crippen molar-refractivity contribution < 1.29 is 19.1 Å². The van der Waals surface area contributed by atoms with Crippen LogP contribution in [-0.2, 0) is 24.5 Å². The lowest BCUT2D eigenvalue weighted by molar-refractivity contribution is -0.162. The molecule has 0 atom stereocenters. The summed E-state index contributed by atoms with van der Waals surface area (Å²) in [6, 6.07) is 7.52. The van der Waals surface area contributed by atoms with E-state index in [1.807, 2.05) is 30.3 Å². The lowest BCUT2D eigenvalue weighted by Gasteiger charge is -2.36. The molecular weight excluding hydrogens is 344 g/mol. The first kappa shape index (κ1) is 19.6. The van der Waals surface area contributed by atoms with Crippen molar-refractivity contribution in [2.75, 3.05) is 53.0 Å². The quantitative estimate of drug-likeness (QED) is 0.560.